The molecule has 1 aromatic carbocycles. The molecule has 0 saturated carbocycles. The predicted octanol–water partition coefficient (Wildman–Crippen LogP) is 2.21. The lowest BCUT2D eigenvalue weighted by molar-refractivity contribution is 0.175. The molecular formula is C14H13F2N3O2. The fourth-order valence-corrected chi connectivity index (χ4v) is 1.66. The standard InChI is InChI=1S/C14H13F2N3O2/c15-10-2-1-3-11(13(10)16)19-14(21)18-8-12(20)9-4-6-17-7-5-9/h1-7,12,20H,8H2,(H2,18,19,21). The summed E-state index contributed by atoms with van der Waals surface area (Å²) < 4.78 is 26.3. The Balaban J connectivity index is 1.89. The number of aromatic nitrogens is 1. The third-order valence-electron chi connectivity index (χ3n) is 2.75. The molecule has 1 heterocycles. The third-order valence-corrected chi connectivity index (χ3v) is 2.75. The van der Waals surface area contributed by atoms with Gasteiger partial charge in [-0.15, -0.1) is 0 Å². The number of halogens is 2. The van der Waals surface area contributed by atoms with E-state index >= 15 is 0 Å². The molecule has 0 radical (unpaired) electrons. The Kier molecular flexibility index (Phi) is 4.78. The molecule has 1 unspecified atom stereocenters. The molecule has 21 heavy (non-hydrogen) atoms. The minimum Gasteiger partial charge on any atom is -0.387 e. The smallest absolute Gasteiger partial charge is 0.319 e. The Hall–Kier alpha value is -2.54. The van der Waals surface area contributed by atoms with Gasteiger partial charge in [0.2, 0.25) is 0 Å². The maximum absolute atomic E-state index is 13.4. The fraction of sp³-hybridized carbons (Fsp3) is 0.143. The summed E-state index contributed by atoms with van der Waals surface area (Å²) in [6.45, 7) is -0.0766. The summed E-state index contributed by atoms with van der Waals surface area (Å²) in [4.78, 5) is 15.4. The molecule has 1 atom stereocenters. The number of hydrogen-bond acceptors (Lipinski definition) is 3. The van der Waals surface area contributed by atoms with Crippen molar-refractivity contribution in [1.82, 2.24) is 10.3 Å². The van der Waals surface area contributed by atoms with Gasteiger partial charge in [0.05, 0.1) is 11.8 Å². The molecule has 0 fully saturated rings. The van der Waals surface area contributed by atoms with Crippen molar-refractivity contribution in [2.45, 2.75) is 6.10 Å². The number of rotatable bonds is 4. The monoisotopic (exact) mass is 293 g/mol. The number of urea groups is 1. The molecule has 0 aliphatic carbocycles. The quantitative estimate of drug-likeness (QED) is 0.809. The molecule has 2 aromatic rings. The first kappa shape index (κ1) is 14.9. The van der Waals surface area contributed by atoms with E-state index in [0.717, 1.165) is 6.07 Å². The zero-order valence-corrected chi connectivity index (χ0v) is 10.9. The van der Waals surface area contributed by atoms with Gasteiger partial charge in [-0.25, -0.2) is 13.6 Å². The number of nitrogens with one attached hydrogen (secondary N) is 2. The van der Waals surface area contributed by atoms with Crippen molar-refractivity contribution in [3.05, 3.63) is 59.9 Å². The molecule has 2 amide bonds. The highest BCUT2D eigenvalue weighted by atomic mass is 19.2. The highest BCUT2D eigenvalue weighted by molar-refractivity contribution is 5.89. The summed E-state index contributed by atoms with van der Waals surface area (Å²) >= 11 is 0. The average Bonchev–Trinajstić information content (AvgIpc) is 2.50. The molecule has 110 valence electrons. The normalized spacial score (nSPS) is 11.8. The maximum Gasteiger partial charge on any atom is 0.319 e. The SMILES string of the molecule is O=C(NCC(O)c1ccncc1)Nc1cccc(F)c1F. The number of aliphatic hydroxyl groups is 1. The number of pyridine rings is 1. The van der Waals surface area contributed by atoms with Gasteiger partial charge in [0, 0.05) is 18.9 Å². The van der Waals surface area contributed by atoms with Crippen molar-refractivity contribution >= 4 is 11.7 Å². The number of aliphatic hydroxyl groups excluding tert-OH is 1. The zero-order chi connectivity index (χ0) is 15.2. The molecule has 1 aromatic heterocycles. The summed E-state index contributed by atoms with van der Waals surface area (Å²) in [7, 11) is 0. The molecule has 7 heteroatoms. The second-order valence-corrected chi connectivity index (χ2v) is 4.23. The summed E-state index contributed by atoms with van der Waals surface area (Å²) in [6, 6.07) is 5.93. The van der Waals surface area contributed by atoms with Gasteiger partial charge in [-0.05, 0) is 29.8 Å². The van der Waals surface area contributed by atoms with Gasteiger partial charge in [-0.2, -0.15) is 0 Å². The van der Waals surface area contributed by atoms with Crippen LogP contribution in [0.4, 0.5) is 19.3 Å². The molecule has 0 saturated heterocycles. The van der Waals surface area contributed by atoms with Crippen LogP contribution in [-0.2, 0) is 0 Å². The van der Waals surface area contributed by atoms with E-state index in [1.54, 1.807) is 12.1 Å². The molecule has 0 spiro atoms. The molecule has 0 aliphatic heterocycles. The van der Waals surface area contributed by atoms with Crippen LogP contribution < -0.4 is 10.6 Å². The number of hydrogen-bond donors (Lipinski definition) is 3. The number of anilines is 1. The van der Waals surface area contributed by atoms with E-state index in [2.05, 4.69) is 15.6 Å². The van der Waals surface area contributed by atoms with Gasteiger partial charge in [0.25, 0.3) is 0 Å². The molecular weight excluding hydrogens is 280 g/mol. The lowest BCUT2D eigenvalue weighted by Crippen LogP contribution is -2.32. The van der Waals surface area contributed by atoms with E-state index in [1.807, 2.05) is 0 Å². The van der Waals surface area contributed by atoms with Crippen molar-refractivity contribution in [1.29, 1.82) is 0 Å². The number of benzene rings is 1. The van der Waals surface area contributed by atoms with Gasteiger partial charge >= 0.3 is 6.03 Å². The second kappa shape index (κ2) is 6.76. The van der Waals surface area contributed by atoms with Crippen molar-refractivity contribution in [2.24, 2.45) is 0 Å². The van der Waals surface area contributed by atoms with Crippen molar-refractivity contribution in [3.63, 3.8) is 0 Å². The topological polar surface area (TPSA) is 74.2 Å². The number of amides is 2. The minimum atomic E-state index is -1.14. The van der Waals surface area contributed by atoms with Crippen LogP contribution in [0.25, 0.3) is 0 Å². The predicted molar refractivity (Wildman–Crippen MR) is 72.6 cm³/mol. The molecule has 5 nitrogen and oxygen atoms in total. The van der Waals surface area contributed by atoms with E-state index in [9.17, 15) is 18.7 Å². The maximum atomic E-state index is 13.4. The number of nitrogens with zero attached hydrogens (tertiary/aromatic N) is 1. The van der Waals surface area contributed by atoms with E-state index in [4.69, 9.17) is 0 Å². The molecule has 2 rings (SSSR count). The van der Waals surface area contributed by atoms with Gasteiger partial charge in [-0.1, -0.05) is 6.07 Å². The zero-order valence-electron chi connectivity index (χ0n) is 10.9. The largest absolute Gasteiger partial charge is 0.387 e. The molecule has 0 bridgehead atoms. The van der Waals surface area contributed by atoms with Crippen LogP contribution in [0.3, 0.4) is 0 Å². The van der Waals surface area contributed by atoms with E-state index in [0.29, 0.717) is 5.56 Å². The average molecular weight is 293 g/mol. The van der Waals surface area contributed by atoms with Crippen molar-refractivity contribution in [2.75, 3.05) is 11.9 Å². The second-order valence-electron chi connectivity index (χ2n) is 4.23. The van der Waals surface area contributed by atoms with Crippen LogP contribution in [0.15, 0.2) is 42.7 Å². The Bertz CT molecular complexity index is 623. The number of carbonyl (C=O) groups is 1. The first-order valence-electron chi connectivity index (χ1n) is 6.15. The van der Waals surface area contributed by atoms with Crippen LogP contribution in [0.1, 0.15) is 11.7 Å². The van der Waals surface area contributed by atoms with Crippen LogP contribution in [0.2, 0.25) is 0 Å². The highest BCUT2D eigenvalue weighted by Crippen LogP contribution is 2.16. The van der Waals surface area contributed by atoms with E-state index in [1.165, 1.54) is 24.5 Å². The highest BCUT2D eigenvalue weighted by Gasteiger charge is 2.12. The third kappa shape index (κ3) is 3.96. The lowest BCUT2D eigenvalue weighted by atomic mass is 10.1. The summed E-state index contributed by atoms with van der Waals surface area (Å²) in [5.41, 5.74) is 0.313. The first-order chi connectivity index (χ1) is 10.1. The molecule has 3 N–H and O–H groups in total. The fourth-order valence-electron chi connectivity index (χ4n) is 1.66. The summed E-state index contributed by atoms with van der Waals surface area (Å²) in [5, 5.41) is 14.4. The van der Waals surface area contributed by atoms with Crippen LogP contribution in [0.5, 0.6) is 0 Å². The van der Waals surface area contributed by atoms with Gasteiger partial charge < -0.3 is 15.7 Å². The molecule has 0 aliphatic rings. The van der Waals surface area contributed by atoms with Gasteiger partial charge in [0.1, 0.15) is 0 Å². The van der Waals surface area contributed by atoms with Gasteiger partial charge in [0.15, 0.2) is 11.6 Å². The van der Waals surface area contributed by atoms with Crippen LogP contribution >= 0.6 is 0 Å². The van der Waals surface area contributed by atoms with Crippen LogP contribution in [0, 0.1) is 11.6 Å². The van der Waals surface area contributed by atoms with Gasteiger partial charge in [-0.3, -0.25) is 4.98 Å². The Morgan fingerprint density at radius 2 is 1.95 bits per heavy atom. The summed E-state index contributed by atoms with van der Waals surface area (Å²) in [6.07, 6.45) is 2.11. The lowest BCUT2D eigenvalue weighted by Gasteiger charge is -2.13. The summed E-state index contributed by atoms with van der Waals surface area (Å²) in [5.74, 6) is -2.19. The Labute approximate surface area is 119 Å². The minimum absolute atomic E-state index is 0.0766. The van der Waals surface area contributed by atoms with E-state index in [-0.39, 0.29) is 12.2 Å². The first-order valence-corrected chi connectivity index (χ1v) is 6.15. The Morgan fingerprint density at radius 3 is 2.67 bits per heavy atom. The number of carbonyl (C=O) groups excluding carboxylic acids is 1. The van der Waals surface area contributed by atoms with Crippen LogP contribution in [-0.4, -0.2) is 22.7 Å². The Morgan fingerprint density at radius 1 is 1.24 bits per heavy atom. The van der Waals surface area contributed by atoms with Crippen molar-refractivity contribution in [3.8, 4) is 0 Å². The van der Waals surface area contributed by atoms with Crippen molar-refractivity contribution < 1.29 is 18.7 Å². The van der Waals surface area contributed by atoms with E-state index < -0.39 is 23.8 Å².